The third-order valence-electron chi connectivity index (χ3n) is 4.10. The summed E-state index contributed by atoms with van der Waals surface area (Å²) in [6.07, 6.45) is 3.10. The number of anilines is 3. The molecular formula is C23H21N3O2. The van der Waals surface area contributed by atoms with Gasteiger partial charge in [-0.1, -0.05) is 42.0 Å². The lowest BCUT2D eigenvalue weighted by Crippen LogP contribution is -2.11. The van der Waals surface area contributed by atoms with Gasteiger partial charge in [0.25, 0.3) is 5.91 Å². The van der Waals surface area contributed by atoms with E-state index in [4.69, 9.17) is 5.73 Å². The van der Waals surface area contributed by atoms with Gasteiger partial charge in [0.1, 0.15) is 0 Å². The molecule has 5 nitrogen and oxygen atoms in total. The highest BCUT2D eigenvalue weighted by Crippen LogP contribution is 2.17. The Hall–Kier alpha value is -3.86. The monoisotopic (exact) mass is 371 g/mol. The van der Waals surface area contributed by atoms with E-state index in [0.29, 0.717) is 22.6 Å². The highest BCUT2D eigenvalue weighted by molar-refractivity contribution is 6.05. The zero-order chi connectivity index (χ0) is 19.9. The van der Waals surface area contributed by atoms with Crippen molar-refractivity contribution in [3.8, 4) is 0 Å². The number of carbonyl (C=O) groups excluding carboxylic acids is 2. The van der Waals surface area contributed by atoms with Gasteiger partial charge in [0.2, 0.25) is 5.91 Å². The first-order valence-electron chi connectivity index (χ1n) is 8.83. The quantitative estimate of drug-likeness (QED) is 0.457. The highest BCUT2D eigenvalue weighted by Gasteiger charge is 2.06. The second kappa shape index (κ2) is 8.68. The fourth-order valence-corrected chi connectivity index (χ4v) is 2.59. The first kappa shape index (κ1) is 18.9. The highest BCUT2D eigenvalue weighted by atomic mass is 16.2. The number of rotatable bonds is 5. The van der Waals surface area contributed by atoms with E-state index in [0.717, 1.165) is 11.1 Å². The van der Waals surface area contributed by atoms with Crippen LogP contribution in [0.4, 0.5) is 17.1 Å². The number of nitrogen functional groups attached to an aromatic ring is 1. The van der Waals surface area contributed by atoms with Crippen molar-refractivity contribution >= 4 is 35.0 Å². The average molecular weight is 371 g/mol. The summed E-state index contributed by atoms with van der Waals surface area (Å²) in [5.41, 5.74) is 10.0. The van der Waals surface area contributed by atoms with Gasteiger partial charge in [0.05, 0.1) is 11.4 Å². The molecule has 3 aromatic rings. The molecular weight excluding hydrogens is 350 g/mol. The lowest BCUT2D eigenvalue weighted by molar-refractivity contribution is -0.111. The summed E-state index contributed by atoms with van der Waals surface area (Å²) >= 11 is 0. The maximum Gasteiger partial charge on any atom is 0.255 e. The lowest BCUT2D eigenvalue weighted by atomic mass is 10.1. The van der Waals surface area contributed by atoms with Crippen LogP contribution in [0.3, 0.4) is 0 Å². The van der Waals surface area contributed by atoms with Crippen LogP contribution in [0.5, 0.6) is 0 Å². The molecule has 28 heavy (non-hydrogen) atoms. The van der Waals surface area contributed by atoms with Crippen molar-refractivity contribution in [3.63, 3.8) is 0 Å². The van der Waals surface area contributed by atoms with E-state index in [1.807, 2.05) is 31.2 Å². The first-order valence-corrected chi connectivity index (χ1v) is 8.83. The average Bonchev–Trinajstić information content (AvgIpc) is 2.69. The van der Waals surface area contributed by atoms with Gasteiger partial charge in [-0.2, -0.15) is 0 Å². The Labute approximate surface area is 163 Å². The van der Waals surface area contributed by atoms with Crippen molar-refractivity contribution in [1.82, 2.24) is 0 Å². The molecule has 0 fully saturated rings. The van der Waals surface area contributed by atoms with Gasteiger partial charge >= 0.3 is 0 Å². The number of para-hydroxylation sites is 2. The summed E-state index contributed by atoms with van der Waals surface area (Å²) in [5, 5.41) is 5.60. The maximum absolute atomic E-state index is 12.3. The Morgan fingerprint density at radius 3 is 2.39 bits per heavy atom. The van der Waals surface area contributed by atoms with E-state index < -0.39 is 0 Å². The van der Waals surface area contributed by atoms with Crippen LogP contribution in [-0.2, 0) is 4.79 Å². The largest absolute Gasteiger partial charge is 0.397 e. The van der Waals surface area contributed by atoms with Gasteiger partial charge < -0.3 is 16.4 Å². The Balaban J connectivity index is 1.65. The van der Waals surface area contributed by atoms with E-state index in [-0.39, 0.29) is 11.8 Å². The van der Waals surface area contributed by atoms with Gasteiger partial charge in [-0.3, -0.25) is 9.59 Å². The number of carbonyl (C=O) groups is 2. The van der Waals surface area contributed by atoms with E-state index in [9.17, 15) is 9.59 Å². The van der Waals surface area contributed by atoms with Crippen LogP contribution in [-0.4, -0.2) is 11.8 Å². The van der Waals surface area contributed by atoms with Crippen molar-refractivity contribution in [3.05, 3.63) is 95.6 Å². The van der Waals surface area contributed by atoms with Crippen molar-refractivity contribution < 1.29 is 9.59 Å². The van der Waals surface area contributed by atoms with Crippen LogP contribution in [0.1, 0.15) is 21.5 Å². The molecule has 0 saturated carbocycles. The summed E-state index contributed by atoms with van der Waals surface area (Å²) < 4.78 is 0. The molecule has 0 aliphatic rings. The molecule has 3 rings (SSSR count). The molecule has 5 heteroatoms. The predicted molar refractivity (Wildman–Crippen MR) is 114 cm³/mol. The molecule has 0 radical (unpaired) electrons. The fraction of sp³-hybridized carbons (Fsp3) is 0.0435. The summed E-state index contributed by atoms with van der Waals surface area (Å²) in [7, 11) is 0. The standard InChI is InChI=1S/C23H21N3O2/c1-16-9-12-18(13-10-16)23(28)25-19-6-4-5-17(15-19)11-14-22(27)26-21-8-3-2-7-20(21)24/h2-15H,24H2,1H3,(H,25,28)(H,26,27)/b14-11+. The number of hydrogen-bond donors (Lipinski definition) is 3. The third-order valence-corrected chi connectivity index (χ3v) is 4.10. The van der Waals surface area contributed by atoms with Crippen LogP contribution >= 0.6 is 0 Å². The number of nitrogens with one attached hydrogen (secondary N) is 2. The minimum Gasteiger partial charge on any atom is -0.397 e. The normalized spacial score (nSPS) is 10.6. The van der Waals surface area contributed by atoms with Crippen molar-refractivity contribution in [2.45, 2.75) is 6.92 Å². The zero-order valence-electron chi connectivity index (χ0n) is 15.5. The molecule has 0 bridgehead atoms. The summed E-state index contributed by atoms with van der Waals surface area (Å²) in [6, 6.07) is 21.7. The molecule has 0 saturated heterocycles. The van der Waals surface area contributed by atoms with E-state index in [1.54, 1.807) is 54.6 Å². The number of aryl methyl sites for hydroxylation is 1. The molecule has 0 spiro atoms. The number of benzene rings is 3. The molecule has 0 atom stereocenters. The van der Waals surface area contributed by atoms with Gasteiger partial charge in [-0.15, -0.1) is 0 Å². The van der Waals surface area contributed by atoms with Gasteiger partial charge in [0.15, 0.2) is 0 Å². The molecule has 3 aromatic carbocycles. The third kappa shape index (κ3) is 5.08. The van der Waals surface area contributed by atoms with Crippen LogP contribution in [0.25, 0.3) is 6.08 Å². The van der Waals surface area contributed by atoms with Crippen molar-refractivity contribution in [2.24, 2.45) is 0 Å². The van der Waals surface area contributed by atoms with Gasteiger partial charge in [0, 0.05) is 17.3 Å². The number of hydrogen-bond acceptors (Lipinski definition) is 3. The molecule has 0 aliphatic heterocycles. The SMILES string of the molecule is Cc1ccc(C(=O)Nc2cccc(/C=C/C(=O)Nc3ccccc3N)c2)cc1. The lowest BCUT2D eigenvalue weighted by Gasteiger charge is -2.07. The summed E-state index contributed by atoms with van der Waals surface area (Å²) in [4.78, 5) is 24.4. The summed E-state index contributed by atoms with van der Waals surface area (Å²) in [5.74, 6) is -0.467. The first-order chi connectivity index (χ1) is 13.5. The Bertz CT molecular complexity index is 1020. The smallest absolute Gasteiger partial charge is 0.255 e. The Kier molecular flexibility index (Phi) is 5.87. The number of nitrogens with two attached hydrogens (primary N) is 1. The second-order valence-corrected chi connectivity index (χ2v) is 6.36. The van der Waals surface area contributed by atoms with Gasteiger partial charge in [-0.25, -0.2) is 0 Å². The molecule has 0 aromatic heterocycles. The second-order valence-electron chi connectivity index (χ2n) is 6.36. The van der Waals surface area contributed by atoms with Crippen molar-refractivity contribution in [2.75, 3.05) is 16.4 Å². The van der Waals surface area contributed by atoms with Crippen molar-refractivity contribution in [1.29, 1.82) is 0 Å². The minimum atomic E-state index is -0.285. The van der Waals surface area contributed by atoms with Crippen LogP contribution < -0.4 is 16.4 Å². The van der Waals surface area contributed by atoms with E-state index >= 15 is 0 Å². The molecule has 2 amide bonds. The molecule has 140 valence electrons. The molecule has 0 aliphatic carbocycles. The fourth-order valence-electron chi connectivity index (χ4n) is 2.59. The van der Waals surface area contributed by atoms with Crippen LogP contribution in [0.15, 0.2) is 78.9 Å². The predicted octanol–water partition coefficient (Wildman–Crippen LogP) is 4.48. The van der Waals surface area contributed by atoms with Gasteiger partial charge in [-0.05, 0) is 55.0 Å². The minimum absolute atomic E-state index is 0.182. The Morgan fingerprint density at radius 1 is 0.893 bits per heavy atom. The molecule has 4 N–H and O–H groups in total. The number of amides is 2. The molecule has 0 heterocycles. The summed E-state index contributed by atoms with van der Waals surface area (Å²) in [6.45, 7) is 1.97. The maximum atomic E-state index is 12.3. The molecule has 0 unspecified atom stereocenters. The Morgan fingerprint density at radius 2 is 1.64 bits per heavy atom. The topological polar surface area (TPSA) is 84.2 Å². The van der Waals surface area contributed by atoms with E-state index in [2.05, 4.69) is 10.6 Å². The van der Waals surface area contributed by atoms with Crippen LogP contribution in [0, 0.1) is 6.92 Å². The zero-order valence-corrected chi connectivity index (χ0v) is 15.5. The van der Waals surface area contributed by atoms with E-state index in [1.165, 1.54) is 6.08 Å². The van der Waals surface area contributed by atoms with Crippen LogP contribution in [0.2, 0.25) is 0 Å².